The Hall–Kier alpha value is -4.19. The molecule has 0 saturated heterocycles. The van der Waals surface area contributed by atoms with E-state index in [-0.39, 0.29) is 52.1 Å². The lowest BCUT2D eigenvalue weighted by Gasteiger charge is -2.38. The average Bonchev–Trinajstić information content (AvgIpc) is 3.37. The number of hydrogen-bond donors (Lipinski definition) is 2. The molecule has 0 aliphatic carbocycles. The highest BCUT2D eigenvalue weighted by Crippen LogP contribution is 2.32. The number of fused-ring (bicyclic) bond motifs is 1. The first-order valence-electron chi connectivity index (χ1n) is 15.0. The molecule has 4 aromatic rings. The monoisotopic (exact) mass is 632 g/mol. The molecule has 3 aromatic carbocycles. The van der Waals surface area contributed by atoms with Gasteiger partial charge in [0.05, 0.1) is 18.2 Å². The van der Waals surface area contributed by atoms with E-state index in [9.17, 15) is 18.3 Å². The van der Waals surface area contributed by atoms with Crippen molar-refractivity contribution in [3.8, 4) is 16.9 Å². The van der Waals surface area contributed by atoms with Gasteiger partial charge in [-0.25, -0.2) is 8.42 Å². The number of ether oxygens (including phenoxy) is 1. The number of anilines is 1. The van der Waals surface area contributed by atoms with Gasteiger partial charge in [-0.2, -0.15) is 0 Å². The number of likely N-dealkylation sites (N-methyl/N-ethyl adjacent to an activating group) is 1. The van der Waals surface area contributed by atoms with Gasteiger partial charge in [0.25, 0.3) is 15.9 Å². The van der Waals surface area contributed by atoms with Crippen molar-refractivity contribution in [2.45, 2.75) is 51.3 Å². The maximum absolute atomic E-state index is 13.8. The summed E-state index contributed by atoms with van der Waals surface area (Å²) >= 11 is 0. The Kier molecular flexibility index (Phi) is 9.62. The van der Waals surface area contributed by atoms with Crippen LogP contribution in [0.4, 0.5) is 5.69 Å². The number of aromatic nitrogens is 1. The van der Waals surface area contributed by atoms with Gasteiger partial charge in [-0.05, 0) is 62.7 Å². The van der Waals surface area contributed by atoms with E-state index >= 15 is 0 Å². The van der Waals surface area contributed by atoms with Crippen LogP contribution in [0.2, 0.25) is 0 Å². The fourth-order valence-corrected chi connectivity index (χ4v) is 7.07. The minimum Gasteiger partial charge on any atom is -0.488 e. The molecule has 2 heterocycles. The summed E-state index contributed by atoms with van der Waals surface area (Å²) in [6.45, 7) is 8.33. The van der Waals surface area contributed by atoms with Crippen LogP contribution in [0.15, 0.2) is 82.2 Å². The van der Waals surface area contributed by atoms with Crippen molar-refractivity contribution >= 4 is 21.6 Å². The van der Waals surface area contributed by atoms with Crippen molar-refractivity contribution < 1.29 is 27.6 Å². The number of benzene rings is 3. The van der Waals surface area contributed by atoms with E-state index in [0.717, 1.165) is 11.1 Å². The van der Waals surface area contributed by atoms with Crippen LogP contribution >= 0.6 is 0 Å². The second-order valence-electron chi connectivity index (χ2n) is 11.9. The average molecular weight is 633 g/mol. The molecule has 0 bridgehead atoms. The van der Waals surface area contributed by atoms with Gasteiger partial charge in [-0.3, -0.25) is 14.4 Å². The second-order valence-corrected chi connectivity index (χ2v) is 13.5. The van der Waals surface area contributed by atoms with Gasteiger partial charge in [0, 0.05) is 31.2 Å². The molecule has 2 N–H and O–H groups in total. The molecule has 1 aromatic heterocycles. The van der Waals surface area contributed by atoms with Crippen LogP contribution in [-0.4, -0.2) is 73.3 Å². The lowest BCUT2D eigenvalue weighted by molar-refractivity contribution is 0.0341. The summed E-state index contributed by atoms with van der Waals surface area (Å²) < 4.78 is 40.5. The van der Waals surface area contributed by atoms with Crippen molar-refractivity contribution in [2.75, 3.05) is 31.5 Å². The quantitative estimate of drug-likeness (QED) is 0.247. The van der Waals surface area contributed by atoms with Crippen molar-refractivity contribution in [3.05, 3.63) is 95.4 Å². The van der Waals surface area contributed by atoms with Crippen LogP contribution in [0, 0.1) is 19.8 Å². The van der Waals surface area contributed by atoms with Crippen LogP contribution in [0.1, 0.15) is 41.2 Å². The van der Waals surface area contributed by atoms with Gasteiger partial charge in [-0.1, -0.05) is 66.7 Å². The van der Waals surface area contributed by atoms with Crippen molar-refractivity contribution in [1.82, 2.24) is 15.0 Å². The smallest absolute Gasteiger partial charge is 0.267 e. The molecular weight excluding hydrogens is 592 g/mol. The van der Waals surface area contributed by atoms with Crippen molar-refractivity contribution in [1.29, 1.82) is 0 Å². The number of amides is 1. The summed E-state index contributed by atoms with van der Waals surface area (Å²) in [6.07, 6.45) is -0.288. The molecule has 1 aliphatic heterocycles. The highest BCUT2D eigenvalue weighted by atomic mass is 32.2. The molecule has 45 heavy (non-hydrogen) atoms. The molecule has 0 unspecified atom stereocenters. The molecule has 0 spiro atoms. The number of nitrogens with one attached hydrogen (secondary N) is 1. The summed E-state index contributed by atoms with van der Waals surface area (Å²) in [6, 6.07) is 23.0. The molecule has 1 aliphatic rings. The van der Waals surface area contributed by atoms with Crippen molar-refractivity contribution in [3.63, 3.8) is 0 Å². The van der Waals surface area contributed by atoms with Gasteiger partial charge < -0.3 is 19.3 Å². The number of rotatable bonds is 10. The Bertz CT molecular complexity index is 1720. The number of hydrogen-bond acceptors (Lipinski definition) is 8. The number of aryl methyl sites for hydroxylation is 2. The fraction of sp³-hybridized carbons (Fsp3) is 0.353. The third kappa shape index (κ3) is 7.22. The standard InChI is InChI=1S/C34H40N4O6S/c1-22-18-38(23(2)21-39)34(40)30-17-29(36-45(41,42)33-24(3)35-44-25(33)4)15-16-31(30)43-32(22)20-37(5)19-26-11-13-28(14-12-26)27-9-7-6-8-10-27/h6-17,22-23,32,36,39H,18-21H2,1-5H3/t22-,23-,32-/m1/s1. The molecule has 5 rings (SSSR count). The Morgan fingerprint density at radius 2 is 1.76 bits per heavy atom. The number of aliphatic hydroxyl groups is 1. The van der Waals surface area contributed by atoms with E-state index in [1.54, 1.807) is 30.9 Å². The molecule has 238 valence electrons. The van der Waals surface area contributed by atoms with Crippen LogP contribution in [-0.2, 0) is 16.6 Å². The van der Waals surface area contributed by atoms with Crippen LogP contribution in [0.5, 0.6) is 5.75 Å². The minimum absolute atomic E-state index is 0.0426. The predicted octanol–water partition coefficient (Wildman–Crippen LogP) is 5.11. The number of aliphatic hydroxyl groups excluding tert-OH is 1. The minimum atomic E-state index is -4.03. The van der Waals surface area contributed by atoms with Gasteiger partial charge in [0.15, 0.2) is 10.7 Å². The second kappa shape index (κ2) is 13.4. The Labute approximate surface area is 264 Å². The summed E-state index contributed by atoms with van der Waals surface area (Å²) in [5.41, 5.74) is 4.14. The van der Waals surface area contributed by atoms with Crippen LogP contribution in [0.25, 0.3) is 11.1 Å². The predicted molar refractivity (Wildman–Crippen MR) is 173 cm³/mol. The van der Waals surface area contributed by atoms with E-state index < -0.39 is 16.1 Å². The van der Waals surface area contributed by atoms with Gasteiger partial charge in [0.1, 0.15) is 17.5 Å². The van der Waals surface area contributed by atoms with E-state index in [0.29, 0.717) is 25.4 Å². The fourth-order valence-electron chi connectivity index (χ4n) is 5.69. The summed E-state index contributed by atoms with van der Waals surface area (Å²) in [7, 11) is -1.99. The van der Waals surface area contributed by atoms with Gasteiger partial charge in [0.2, 0.25) is 0 Å². The first-order valence-corrected chi connectivity index (χ1v) is 16.5. The third-order valence-corrected chi connectivity index (χ3v) is 9.78. The van der Waals surface area contributed by atoms with E-state index in [4.69, 9.17) is 9.26 Å². The molecule has 3 atom stereocenters. The molecule has 1 amide bonds. The summed E-state index contributed by atoms with van der Waals surface area (Å²) in [5.74, 6) is 0.119. The van der Waals surface area contributed by atoms with E-state index in [1.807, 2.05) is 32.2 Å². The van der Waals surface area contributed by atoms with E-state index in [1.165, 1.54) is 18.6 Å². The molecule has 0 radical (unpaired) electrons. The Morgan fingerprint density at radius 1 is 1.07 bits per heavy atom. The highest BCUT2D eigenvalue weighted by Gasteiger charge is 2.34. The lowest BCUT2D eigenvalue weighted by atomic mass is 9.99. The number of nitrogens with zero attached hydrogens (tertiary/aromatic N) is 3. The summed E-state index contributed by atoms with van der Waals surface area (Å²) in [5, 5.41) is 13.7. The molecular formula is C34H40N4O6S. The number of sulfonamides is 1. The topological polar surface area (TPSA) is 125 Å². The molecule has 0 saturated carbocycles. The van der Waals surface area contributed by atoms with E-state index in [2.05, 4.69) is 51.2 Å². The number of carbonyl (C=O) groups excluding carboxylic acids is 1. The Morgan fingerprint density at radius 3 is 2.40 bits per heavy atom. The Balaban J connectivity index is 1.38. The first kappa shape index (κ1) is 32.2. The van der Waals surface area contributed by atoms with Crippen molar-refractivity contribution in [2.24, 2.45) is 5.92 Å². The van der Waals surface area contributed by atoms with Crippen LogP contribution in [0.3, 0.4) is 0 Å². The zero-order valence-corrected chi connectivity index (χ0v) is 27.0. The zero-order valence-electron chi connectivity index (χ0n) is 26.2. The molecule has 10 nitrogen and oxygen atoms in total. The SMILES string of the molecule is Cc1noc(C)c1S(=O)(=O)Nc1ccc2c(c1)C(=O)N([C@H](C)CO)C[C@@H](C)[C@@H](CN(C)Cc1ccc(-c3ccccc3)cc1)O2. The normalized spacial score (nSPS) is 17.8. The largest absolute Gasteiger partial charge is 0.488 e. The van der Waals surface area contributed by atoms with Crippen LogP contribution < -0.4 is 9.46 Å². The maximum atomic E-state index is 13.8. The summed E-state index contributed by atoms with van der Waals surface area (Å²) in [4.78, 5) is 17.6. The number of carbonyl (C=O) groups is 1. The third-order valence-electron chi connectivity index (χ3n) is 8.16. The maximum Gasteiger partial charge on any atom is 0.267 e. The highest BCUT2D eigenvalue weighted by molar-refractivity contribution is 7.92. The molecule has 11 heteroatoms. The lowest BCUT2D eigenvalue weighted by Crippen LogP contribution is -2.49. The zero-order chi connectivity index (χ0) is 32.3. The van der Waals surface area contributed by atoms with Gasteiger partial charge in [-0.15, -0.1) is 0 Å². The molecule has 0 fully saturated rings. The van der Waals surface area contributed by atoms with Gasteiger partial charge >= 0.3 is 0 Å². The first-order chi connectivity index (χ1) is 21.5.